The third-order valence-corrected chi connectivity index (χ3v) is 6.98. The molecule has 0 saturated carbocycles. The number of carbonyl (C=O) groups excluding carboxylic acids is 4. The molecule has 0 radical (unpaired) electrons. The van der Waals surface area contributed by atoms with E-state index in [9.17, 15) is 28.8 Å². The fourth-order valence-electron chi connectivity index (χ4n) is 5.07. The van der Waals surface area contributed by atoms with Gasteiger partial charge < -0.3 is 0 Å². The molecule has 2 aliphatic heterocycles. The normalized spacial score (nSPS) is 14.5. The molecule has 10 nitrogen and oxygen atoms in total. The Morgan fingerprint density at radius 1 is 0.395 bits per heavy atom. The Morgan fingerprint density at radius 3 is 1.00 bits per heavy atom. The van der Waals surface area contributed by atoms with Gasteiger partial charge in [-0.1, -0.05) is 36.4 Å². The molecule has 0 spiro atoms. The molecule has 0 bridgehead atoms. The summed E-state index contributed by atoms with van der Waals surface area (Å²) in [5, 5.41) is 0.383. The first-order valence-electron chi connectivity index (χ1n) is 12.0. The number of carbonyl (C=O) groups is 4. The second-order valence-electron chi connectivity index (χ2n) is 9.02. The number of nitrogens with zero attached hydrogens (tertiary/aromatic N) is 4. The molecule has 10 heteroatoms. The predicted octanol–water partition coefficient (Wildman–Crippen LogP) is 1.76. The van der Waals surface area contributed by atoms with Crippen LogP contribution in [0.5, 0.6) is 0 Å². The highest BCUT2D eigenvalue weighted by Crippen LogP contribution is 2.23. The van der Waals surface area contributed by atoms with Crippen LogP contribution in [-0.4, -0.2) is 55.9 Å². The molecule has 0 aliphatic carbocycles. The van der Waals surface area contributed by atoms with Gasteiger partial charge in [0.05, 0.1) is 46.1 Å². The van der Waals surface area contributed by atoms with Crippen LogP contribution in [0, 0.1) is 0 Å². The van der Waals surface area contributed by atoms with Gasteiger partial charge in [0.2, 0.25) is 0 Å². The third kappa shape index (κ3) is 3.41. The average Bonchev–Trinajstić information content (AvgIpc) is 3.33. The lowest BCUT2D eigenvalue weighted by atomic mass is 10.1. The van der Waals surface area contributed by atoms with Crippen molar-refractivity contribution in [3.63, 3.8) is 0 Å². The smallest absolute Gasteiger partial charge is 0.272 e. The highest BCUT2D eigenvalue weighted by Gasteiger charge is 2.36. The molecule has 2 aliphatic rings. The number of aromatic nitrogens is 2. The molecule has 0 N–H and O–H groups in total. The Morgan fingerprint density at radius 2 is 0.684 bits per heavy atom. The van der Waals surface area contributed by atoms with Gasteiger partial charge in [0.15, 0.2) is 0 Å². The van der Waals surface area contributed by atoms with E-state index >= 15 is 0 Å². The monoisotopic (exact) mass is 508 g/mol. The van der Waals surface area contributed by atoms with Gasteiger partial charge in [0, 0.05) is 13.1 Å². The van der Waals surface area contributed by atoms with Gasteiger partial charge in [0.1, 0.15) is 0 Å². The van der Waals surface area contributed by atoms with Crippen LogP contribution in [0.25, 0.3) is 10.8 Å². The molecule has 6 rings (SSSR count). The fraction of sp³-hybridized carbons (Fsp3) is 0.143. The van der Waals surface area contributed by atoms with Crippen LogP contribution in [0.3, 0.4) is 0 Å². The summed E-state index contributed by atoms with van der Waals surface area (Å²) in [7, 11) is 0. The van der Waals surface area contributed by atoms with Crippen molar-refractivity contribution in [1.82, 2.24) is 19.2 Å². The summed E-state index contributed by atoms with van der Waals surface area (Å²) >= 11 is 0. The molecule has 188 valence electrons. The fourth-order valence-corrected chi connectivity index (χ4v) is 5.07. The Balaban J connectivity index is 1.34. The minimum atomic E-state index is -0.487. The van der Waals surface area contributed by atoms with Gasteiger partial charge in [-0.3, -0.25) is 38.6 Å². The summed E-state index contributed by atoms with van der Waals surface area (Å²) in [6.07, 6.45) is 0. The second-order valence-corrected chi connectivity index (χ2v) is 9.02. The number of benzene rings is 3. The van der Waals surface area contributed by atoms with Crippen molar-refractivity contribution < 1.29 is 19.2 Å². The zero-order valence-corrected chi connectivity index (χ0v) is 20.0. The quantitative estimate of drug-likeness (QED) is 0.366. The summed E-state index contributed by atoms with van der Waals surface area (Å²) in [5.41, 5.74) is 0.161. The zero-order valence-electron chi connectivity index (χ0n) is 20.0. The Labute approximate surface area is 214 Å². The van der Waals surface area contributed by atoms with Crippen LogP contribution in [0.1, 0.15) is 41.4 Å². The third-order valence-electron chi connectivity index (χ3n) is 6.98. The van der Waals surface area contributed by atoms with Crippen LogP contribution in [-0.2, 0) is 13.1 Å². The van der Waals surface area contributed by atoms with Crippen LogP contribution >= 0.6 is 0 Å². The van der Waals surface area contributed by atoms with E-state index in [1.807, 2.05) is 0 Å². The highest BCUT2D eigenvalue weighted by molar-refractivity contribution is 6.22. The summed E-state index contributed by atoms with van der Waals surface area (Å²) < 4.78 is 2.35. The summed E-state index contributed by atoms with van der Waals surface area (Å²) in [4.78, 5) is 80.3. The number of imide groups is 2. The SMILES string of the molecule is O=C1c2ccccc2C(=O)N1CCn1c(=O)c2ccccc2c(=O)n1CCN1C(=O)c2ccccc2C1=O. The largest absolute Gasteiger partial charge is 0.273 e. The predicted molar refractivity (Wildman–Crippen MR) is 136 cm³/mol. The van der Waals surface area contributed by atoms with E-state index in [4.69, 9.17) is 0 Å². The molecular weight excluding hydrogens is 488 g/mol. The van der Waals surface area contributed by atoms with E-state index in [1.54, 1.807) is 60.7 Å². The first-order chi connectivity index (χ1) is 18.4. The molecule has 1 aromatic heterocycles. The van der Waals surface area contributed by atoms with Crippen molar-refractivity contribution in [3.05, 3.63) is 116 Å². The highest BCUT2D eigenvalue weighted by atomic mass is 16.2. The second kappa shape index (κ2) is 8.77. The average molecular weight is 508 g/mol. The molecule has 3 aromatic carbocycles. The van der Waals surface area contributed by atoms with Gasteiger partial charge in [-0.15, -0.1) is 0 Å². The summed E-state index contributed by atoms with van der Waals surface area (Å²) in [6, 6.07) is 19.3. The van der Waals surface area contributed by atoms with Crippen molar-refractivity contribution in [3.8, 4) is 0 Å². The zero-order chi connectivity index (χ0) is 26.6. The van der Waals surface area contributed by atoms with Crippen LogP contribution in [0.2, 0.25) is 0 Å². The first kappa shape index (κ1) is 23.3. The van der Waals surface area contributed by atoms with E-state index in [1.165, 1.54) is 21.5 Å². The number of rotatable bonds is 6. The molecule has 4 aromatic rings. The summed E-state index contributed by atoms with van der Waals surface area (Å²) in [5.74, 6) is -1.89. The maximum Gasteiger partial charge on any atom is 0.273 e. The van der Waals surface area contributed by atoms with E-state index < -0.39 is 34.7 Å². The standard InChI is InChI=1S/C28H20N4O6/c33-23-17-7-1-2-8-18(17)24(34)29(23)13-15-31-27(37)21-11-5-6-12-22(21)28(38)32(31)16-14-30-25(35)19-9-3-4-10-20(19)26(30)36/h1-12H,13-16H2. The van der Waals surface area contributed by atoms with E-state index in [0.29, 0.717) is 0 Å². The Kier molecular flexibility index (Phi) is 5.37. The van der Waals surface area contributed by atoms with Crippen molar-refractivity contribution in [2.45, 2.75) is 13.1 Å². The minimum absolute atomic E-state index is 0.142. The lowest BCUT2D eigenvalue weighted by molar-refractivity contribution is 0.0618. The number of amides is 4. The van der Waals surface area contributed by atoms with Crippen LogP contribution < -0.4 is 11.1 Å². The maximum absolute atomic E-state index is 13.5. The number of hydrogen-bond donors (Lipinski definition) is 0. The Hall–Kier alpha value is -5.12. The van der Waals surface area contributed by atoms with Crippen molar-refractivity contribution >= 4 is 34.4 Å². The topological polar surface area (TPSA) is 119 Å². The van der Waals surface area contributed by atoms with Crippen molar-refractivity contribution in [1.29, 1.82) is 0 Å². The van der Waals surface area contributed by atoms with E-state index in [2.05, 4.69) is 0 Å². The molecular formula is C28H20N4O6. The number of fused-ring (bicyclic) bond motifs is 3. The van der Waals surface area contributed by atoms with Crippen molar-refractivity contribution in [2.75, 3.05) is 13.1 Å². The lowest BCUT2D eigenvalue weighted by Crippen LogP contribution is -2.44. The van der Waals surface area contributed by atoms with Gasteiger partial charge in [0.25, 0.3) is 34.7 Å². The molecule has 0 fully saturated rings. The van der Waals surface area contributed by atoms with Gasteiger partial charge in [-0.05, 0) is 36.4 Å². The van der Waals surface area contributed by atoms with Gasteiger partial charge in [-0.25, -0.2) is 9.36 Å². The van der Waals surface area contributed by atoms with Gasteiger partial charge in [-0.2, -0.15) is 0 Å². The molecule has 38 heavy (non-hydrogen) atoms. The molecule has 0 atom stereocenters. The Bertz CT molecular complexity index is 1620. The number of hydrogen-bond acceptors (Lipinski definition) is 6. The molecule has 4 amide bonds. The van der Waals surface area contributed by atoms with E-state index in [0.717, 1.165) is 9.80 Å². The van der Waals surface area contributed by atoms with E-state index in [-0.39, 0.29) is 59.2 Å². The first-order valence-corrected chi connectivity index (χ1v) is 12.0. The molecule has 3 heterocycles. The molecule has 0 saturated heterocycles. The van der Waals surface area contributed by atoms with Crippen LogP contribution in [0.15, 0.2) is 82.4 Å². The van der Waals surface area contributed by atoms with Crippen LogP contribution in [0.4, 0.5) is 0 Å². The summed E-state index contributed by atoms with van der Waals surface area (Å²) in [6.45, 7) is -0.576. The van der Waals surface area contributed by atoms with Gasteiger partial charge >= 0.3 is 0 Å². The van der Waals surface area contributed by atoms with Crippen molar-refractivity contribution in [2.24, 2.45) is 0 Å². The minimum Gasteiger partial charge on any atom is -0.272 e. The maximum atomic E-state index is 13.5. The molecule has 0 unspecified atom stereocenters. The lowest BCUT2D eigenvalue weighted by Gasteiger charge is -2.21.